The number of carbonyl (C=O) groups excluding carboxylic acids is 2. The molecule has 3 rings (SSSR count). The second-order valence-corrected chi connectivity index (χ2v) is 7.97. The summed E-state index contributed by atoms with van der Waals surface area (Å²) in [5, 5.41) is 11.4. The number of hydrogen-bond donors (Lipinski definition) is 1. The van der Waals surface area contributed by atoms with Crippen LogP contribution in [-0.2, 0) is 14.3 Å². The lowest BCUT2D eigenvalue weighted by Crippen LogP contribution is -2.32. The Kier molecular flexibility index (Phi) is 7.83. The molecule has 2 aromatic carbocycles. The third-order valence-corrected chi connectivity index (χ3v) is 5.88. The van der Waals surface area contributed by atoms with Crippen molar-refractivity contribution in [3.8, 4) is 17.2 Å². The SMILES string of the molecule is CCOc1ccc(C2/C(=C(\O)c3cc(C)c(OC)cc3C)C(=O)C(=O)N2CCOC)cc1OC. The number of aliphatic hydroxyl groups excluding tert-OH is 1. The number of ether oxygens (including phenoxy) is 4. The smallest absolute Gasteiger partial charge is 0.295 e. The second-order valence-electron chi connectivity index (χ2n) is 7.97. The van der Waals surface area contributed by atoms with E-state index in [9.17, 15) is 14.7 Å². The Bertz CT molecular complexity index is 1120. The molecule has 0 saturated carbocycles. The van der Waals surface area contributed by atoms with Gasteiger partial charge in [-0.3, -0.25) is 9.59 Å². The fourth-order valence-corrected chi connectivity index (χ4v) is 4.19. The molecule has 1 atom stereocenters. The normalized spacial score (nSPS) is 17.2. The summed E-state index contributed by atoms with van der Waals surface area (Å²) in [7, 11) is 4.62. The number of rotatable bonds is 9. The zero-order valence-corrected chi connectivity index (χ0v) is 20.4. The maximum Gasteiger partial charge on any atom is 0.295 e. The van der Waals surface area contributed by atoms with Crippen LogP contribution in [0.15, 0.2) is 35.9 Å². The summed E-state index contributed by atoms with van der Waals surface area (Å²) in [4.78, 5) is 27.6. The fourth-order valence-electron chi connectivity index (χ4n) is 4.19. The highest BCUT2D eigenvalue weighted by atomic mass is 16.5. The number of hydrogen-bond acceptors (Lipinski definition) is 7. The molecular formula is C26H31NO7. The van der Waals surface area contributed by atoms with Crippen molar-refractivity contribution in [1.82, 2.24) is 4.90 Å². The first kappa shape index (κ1) is 25.1. The molecule has 1 fully saturated rings. The van der Waals surface area contributed by atoms with Gasteiger partial charge in [-0.15, -0.1) is 0 Å². The Hall–Kier alpha value is -3.52. The van der Waals surface area contributed by atoms with E-state index in [1.807, 2.05) is 20.8 Å². The highest BCUT2D eigenvalue weighted by Crippen LogP contribution is 2.42. The van der Waals surface area contributed by atoms with Crippen molar-refractivity contribution in [2.24, 2.45) is 0 Å². The van der Waals surface area contributed by atoms with E-state index in [-0.39, 0.29) is 24.5 Å². The van der Waals surface area contributed by atoms with Gasteiger partial charge in [-0.2, -0.15) is 0 Å². The Balaban J connectivity index is 2.23. The maximum atomic E-state index is 13.2. The second kappa shape index (κ2) is 10.6. The van der Waals surface area contributed by atoms with Crippen molar-refractivity contribution in [3.05, 3.63) is 58.2 Å². The third-order valence-electron chi connectivity index (χ3n) is 5.88. The minimum absolute atomic E-state index is 0.0139. The summed E-state index contributed by atoms with van der Waals surface area (Å²) in [6, 6.07) is 7.95. The van der Waals surface area contributed by atoms with Gasteiger partial charge in [0.15, 0.2) is 11.5 Å². The van der Waals surface area contributed by atoms with Crippen LogP contribution in [0.5, 0.6) is 17.2 Å². The molecule has 182 valence electrons. The molecule has 8 heteroatoms. The molecule has 2 aromatic rings. The van der Waals surface area contributed by atoms with Gasteiger partial charge in [-0.1, -0.05) is 6.07 Å². The van der Waals surface area contributed by atoms with Crippen LogP contribution in [0.25, 0.3) is 5.76 Å². The number of aryl methyl sites for hydroxylation is 2. The largest absolute Gasteiger partial charge is 0.507 e. The molecule has 1 saturated heterocycles. The molecule has 34 heavy (non-hydrogen) atoms. The van der Waals surface area contributed by atoms with Gasteiger partial charge in [0.05, 0.1) is 39.0 Å². The van der Waals surface area contributed by atoms with E-state index < -0.39 is 17.7 Å². The van der Waals surface area contributed by atoms with Crippen LogP contribution in [0.4, 0.5) is 0 Å². The van der Waals surface area contributed by atoms with Gasteiger partial charge < -0.3 is 29.0 Å². The lowest BCUT2D eigenvalue weighted by Gasteiger charge is -2.26. The third kappa shape index (κ3) is 4.59. The topological polar surface area (TPSA) is 94.5 Å². The number of aliphatic hydroxyl groups is 1. The Morgan fingerprint density at radius 3 is 2.29 bits per heavy atom. The average molecular weight is 470 g/mol. The van der Waals surface area contributed by atoms with E-state index in [1.165, 1.54) is 19.1 Å². The number of benzene rings is 2. The number of carbonyl (C=O) groups is 2. The molecule has 8 nitrogen and oxygen atoms in total. The number of amides is 1. The van der Waals surface area contributed by atoms with Crippen LogP contribution in [0.1, 0.15) is 35.2 Å². The molecule has 1 aliphatic rings. The minimum atomic E-state index is -0.818. The quantitative estimate of drug-likeness (QED) is 0.339. The van der Waals surface area contributed by atoms with Gasteiger partial charge in [0.1, 0.15) is 11.5 Å². The van der Waals surface area contributed by atoms with E-state index >= 15 is 0 Å². The number of ketones is 1. The average Bonchev–Trinajstić information content (AvgIpc) is 3.08. The molecule has 0 aromatic heterocycles. The Morgan fingerprint density at radius 2 is 1.68 bits per heavy atom. The van der Waals surface area contributed by atoms with Crippen molar-refractivity contribution in [1.29, 1.82) is 0 Å². The minimum Gasteiger partial charge on any atom is -0.507 e. The molecule has 1 aliphatic heterocycles. The first-order valence-electron chi connectivity index (χ1n) is 11.0. The monoisotopic (exact) mass is 469 g/mol. The molecule has 0 bridgehead atoms. The fraction of sp³-hybridized carbons (Fsp3) is 0.385. The summed E-state index contributed by atoms with van der Waals surface area (Å²) >= 11 is 0. The number of likely N-dealkylation sites (tertiary alicyclic amines) is 1. The van der Waals surface area contributed by atoms with Crippen molar-refractivity contribution >= 4 is 17.4 Å². The van der Waals surface area contributed by atoms with Gasteiger partial charge in [0.2, 0.25) is 0 Å². The molecular weight excluding hydrogens is 438 g/mol. The zero-order valence-electron chi connectivity index (χ0n) is 20.4. The van der Waals surface area contributed by atoms with E-state index in [1.54, 1.807) is 37.4 Å². The predicted octanol–water partition coefficient (Wildman–Crippen LogP) is 3.79. The molecule has 0 aliphatic carbocycles. The van der Waals surface area contributed by atoms with Crippen LogP contribution in [0, 0.1) is 13.8 Å². The Labute approximate surface area is 199 Å². The molecule has 1 amide bonds. The van der Waals surface area contributed by atoms with Gasteiger partial charge in [-0.25, -0.2) is 0 Å². The molecule has 1 N–H and O–H groups in total. The van der Waals surface area contributed by atoms with Gasteiger partial charge in [0, 0.05) is 19.2 Å². The summed E-state index contributed by atoms with van der Waals surface area (Å²) in [5.41, 5.74) is 2.60. The van der Waals surface area contributed by atoms with E-state index in [0.717, 1.165) is 5.56 Å². The van der Waals surface area contributed by atoms with Crippen LogP contribution in [0.2, 0.25) is 0 Å². The van der Waals surface area contributed by atoms with Crippen LogP contribution < -0.4 is 14.2 Å². The molecule has 0 radical (unpaired) electrons. The summed E-state index contributed by atoms with van der Waals surface area (Å²) in [6.07, 6.45) is 0. The van der Waals surface area contributed by atoms with Crippen LogP contribution in [0.3, 0.4) is 0 Å². The number of Topliss-reactive ketones (excluding diaryl/α,β-unsaturated/α-hetero) is 1. The van der Waals surface area contributed by atoms with Gasteiger partial charge >= 0.3 is 0 Å². The summed E-state index contributed by atoms with van der Waals surface area (Å²) in [5.74, 6) is -0.00204. The standard InChI is InChI=1S/C26H31NO7/c1-7-34-19-9-8-17(14-21(19)33-6)23-22(25(29)26(30)27(23)10-11-31-4)24(28)18-12-16(3)20(32-5)13-15(18)2/h8-9,12-14,23,28H,7,10-11H2,1-6H3/b24-22+. The van der Waals surface area contributed by atoms with Crippen LogP contribution >= 0.6 is 0 Å². The lowest BCUT2D eigenvalue weighted by molar-refractivity contribution is -0.140. The maximum absolute atomic E-state index is 13.2. The lowest BCUT2D eigenvalue weighted by atomic mass is 9.93. The molecule has 1 unspecified atom stereocenters. The van der Waals surface area contributed by atoms with Crippen molar-refractivity contribution < 1.29 is 33.6 Å². The van der Waals surface area contributed by atoms with Crippen LogP contribution in [-0.4, -0.2) is 62.8 Å². The first-order chi connectivity index (χ1) is 16.3. The van der Waals surface area contributed by atoms with Gasteiger partial charge in [0.25, 0.3) is 11.7 Å². The highest BCUT2D eigenvalue weighted by molar-refractivity contribution is 6.46. The van der Waals surface area contributed by atoms with Crippen molar-refractivity contribution in [2.45, 2.75) is 26.8 Å². The van der Waals surface area contributed by atoms with E-state index in [0.29, 0.717) is 40.5 Å². The Morgan fingerprint density at radius 1 is 0.971 bits per heavy atom. The number of nitrogens with zero attached hydrogens (tertiary/aromatic N) is 1. The van der Waals surface area contributed by atoms with E-state index in [2.05, 4.69) is 0 Å². The predicted molar refractivity (Wildman–Crippen MR) is 128 cm³/mol. The first-order valence-corrected chi connectivity index (χ1v) is 11.0. The highest BCUT2D eigenvalue weighted by Gasteiger charge is 2.46. The summed E-state index contributed by atoms with van der Waals surface area (Å²) < 4.78 is 21.6. The van der Waals surface area contributed by atoms with Crippen molar-refractivity contribution in [3.63, 3.8) is 0 Å². The number of methoxy groups -OCH3 is 3. The zero-order chi connectivity index (χ0) is 25.0. The summed E-state index contributed by atoms with van der Waals surface area (Å²) in [6.45, 7) is 6.40. The van der Waals surface area contributed by atoms with Crippen molar-refractivity contribution in [2.75, 3.05) is 41.1 Å². The van der Waals surface area contributed by atoms with Gasteiger partial charge in [-0.05, 0) is 61.7 Å². The van der Waals surface area contributed by atoms with E-state index in [4.69, 9.17) is 18.9 Å². The molecule has 0 spiro atoms. The molecule has 1 heterocycles.